The first-order chi connectivity index (χ1) is 7.81. The van der Waals surface area contributed by atoms with Gasteiger partial charge in [-0.05, 0) is 18.9 Å². The van der Waals surface area contributed by atoms with Crippen molar-refractivity contribution in [3.63, 3.8) is 0 Å². The molecule has 0 amide bonds. The monoisotopic (exact) mass is 211 g/mol. The molecular formula is C12H9N3O. The highest BCUT2D eigenvalue weighted by molar-refractivity contribution is 5.96. The molecule has 0 saturated heterocycles. The fourth-order valence-corrected chi connectivity index (χ4v) is 1.87. The number of pyridine rings is 1. The summed E-state index contributed by atoms with van der Waals surface area (Å²) in [6.07, 6.45) is 6.81. The molecule has 1 fully saturated rings. The van der Waals surface area contributed by atoms with E-state index in [0.29, 0.717) is 5.56 Å². The molecular weight excluding hydrogens is 202 g/mol. The lowest BCUT2D eigenvalue weighted by Crippen LogP contribution is -2.10. The van der Waals surface area contributed by atoms with Crippen molar-refractivity contribution >= 4 is 16.8 Å². The number of nitrogens with zero attached hydrogens (tertiary/aromatic N) is 3. The van der Waals surface area contributed by atoms with Crippen LogP contribution >= 0.6 is 0 Å². The van der Waals surface area contributed by atoms with Gasteiger partial charge >= 0.3 is 0 Å². The number of fused-ring (bicyclic) bond motifs is 1. The number of carbonyl (C=O) groups is 1. The minimum absolute atomic E-state index is 0.0829. The molecule has 2 aromatic rings. The third kappa shape index (κ3) is 1.22. The quantitative estimate of drug-likeness (QED) is 0.724. The van der Waals surface area contributed by atoms with Crippen molar-refractivity contribution in [2.75, 3.05) is 0 Å². The Morgan fingerprint density at radius 1 is 1.56 bits per heavy atom. The number of hydrogen-bond acceptors (Lipinski definition) is 3. The van der Waals surface area contributed by atoms with Crippen LogP contribution in [0.2, 0.25) is 0 Å². The summed E-state index contributed by atoms with van der Waals surface area (Å²) in [5.74, 6) is 0.224. The molecule has 0 unspecified atom stereocenters. The van der Waals surface area contributed by atoms with Gasteiger partial charge in [-0.15, -0.1) is 0 Å². The van der Waals surface area contributed by atoms with Crippen LogP contribution in [0, 0.1) is 17.2 Å². The van der Waals surface area contributed by atoms with Gasteiger partial charge in [-0.1, -0.05) is 0 Å². The summed E-state index contributed by atoms with van der Waals surface area (Å²) in [5.41, 5.74) is 1.27. The van der Waals surface area contributed by atoms with E-state index in [1.807, 2.05) is 0 Å². The van der Waals surface area contributed by atoms with E-state index in [4.69, 9.17) is 5.26 Å². The third-order valence-corrected chi connectivity index (χ3v) is 2.89. The van der Waals surface area contributed by atoms with Gasteiger partial charge in [-0.3, -0.25) is 14.3 Å². The van der Waals surface area contributed by atoms with Gasteiger partial charge < -0.3 is 0 Å². The van der Waals surface area contributed by atoms with Gasteiger partial charge in [-0.25, -0.2) is 0 Å². The fourth-order valence-electron chi connectivity index (χ4n) is 1.87. The van der Waals surface area contributed by atoms with E-state index in [-0.39, 0.29) is 11.8 Å². The maximum Gasteiger partial charge on any atom is 0.234 e. The molecule has 1 aliphatic rings. The molecule has 2 aromatic heterocycles. The van der Waals surface area contributed by atoms with Crippen LogP contribution in [0.15, 0.2) is 24.7 Å². The van der Waals surface area contributed by atoms with Gasteiger partial charge in [0.2, 0.25) is 5.91 Å². The van der Waals surface area contributed by atoms with E-state index in [1.165, 1.54) is 0 Å². The second-order valence-corrected chi connectivity index (χ2v) is 4.03. The van der Waals surface area contributed by atoms with Crippen LogP contribution in [0.4, 0.5) is 0 Å². The molecule has 0 spiro atoms. The molecule has 0 N–H and O–H groups in total. The second-order valence-electron chi connectivity index (χ2n) is 4.03. The van der Waals surface area contributed by atoms with Gasteiger partial charge in [0.15, 0.2) is 0 Å². The zero-order valence-electron chi connectivity index (χ0n) is 8.55. The minimum Gasteiger partial charge on any atom is -0.284 e. The van der Waals surface area contributed by atoms with Crippen molar-refractivity contribution in [1.29, 1.82) is 5.26 Å². The van der Waals surface area contributed by atoms with Crippen LogP contribution < -0.4 is 0 Å². The lowest BCUT2D eigenvalue weighted by molar-refractivity contribution is 0.0891. The van der Waals surface area contributed by atoms with E-state index >= 15 is 0 Å². The summed E-state index contributed by atoms with van der Waals surface area (Å²) in [6.45, 7) is 0. The molecule has 3 rings (SSSR count). The van der Waals surface area contributed by atoms with Crippen molar-refractivity contribution in [3.8, 4) is 6.07 Å². The molecule has 0 aromatic carbocycles. The Balaban J connectivity index is 2.25. The Morgan fingerprint density at radius 3 is 3.06 bits per heavy atom. The molecule has 1 saturated carbocycles. The Hall–Kier alpha value is -2.15. The van der Waals surface area contributed by atoms with E-state index in [0.717, 1.165) is 23.7 Å². The van der Waals surface area contributed by atoms with Crippen molar-refractivity contribution < 1.29 is 4.79 Å². The number of rotatable bonds is 1. The fraction of sp³-hybridized carbons (Fsp3) is 0.250. The zero-order valence-corrected chi connectivity index (χ0v) is 8.55. The van der Waals surface area contributed by atoms with E-state index in [2.05, 4.69) is 11.1 Å². The molecule has 0 radical (unpaired) electrons. The minimum atomic E-state index is 0.0829. The number of hydrogen-bond donors (Lipinski definition) is 0. The number of carbonyl (C=O) groups excluding carboxylic acids is 1. The van der Waals surface area contributed by atoms with Gasteiger partial charge in [0, 0.05) is 23.7 Å². The van der Waals surface area contributed by atoms with Crippen LogP contribution in [-0.2, 0) is 0 Å². The van der Waals surface area contributed by atoms with Crippen LogP contribution in [0.5, 0.6) is 0 Å². The van der Waals surface area contributed by atoms with Crippen LogP contribution in [0.3, 0.4) is 0 Å². The third-order valence-electron chi connectivity index (χ3n) is 2.89. The first-order valence-electron chi connectivity index (χ1n) is 5.20. The summed E-state index contributed by atoms with van der Waals surface area (Å²) in [5, 5.41) is 9.79. The Labute approximate surface area is 92.1 Å². The molecule has 4 heteroatoms. The van der Waals surface area contributed by atoms with Gasteiger partial charge in [-0.2, -0.15) is 5.26 Å². The topological polar surface area (TPSA) is 58.7 Å². The van der Waals surface area contributed by atoms with Crippen molar-refractivity contribution in [1.82, 2.24) is 9.55 Å². The smallest absolute Gasteiger partial charge is 0.234 e. The Bertz CT molecular complexity index is 617. The number of aromatic nitrogens is 2. The average Bonchev–Trinajstić information content (AvgIpc) is 3.09. The molecule has 2 heterocycles. The highest BCUT2D eigenvalue weighted by Crippen LogP contribution is 2.32. The number of nitriles is 1. The van der Waals surface area contributed by atoms with Gasteiger partial charge in [0.1, 0.15) is 6.07 Å². The van der Waals surface area contributed by atoms with Gasteiger partial charge in [0.25, 0.3) is 0 Å². The SMILES string of the molecule is N#Cc1cn(C(=O)C2CC2)c2cnccc12. The maximum absolute atomic E-state index is 12.0. The largest absolute Gasteiger partial charge is 0.284 e. The molecule has 0 atom stereocenters. The van der Waals surface area contributed by atoms with E-state index < -0.39 is 0 Å². The Morgan fingerprint density at radius 2 is 2.38 bits per heavy atom. The molecule has 0 bridgehead atoms. The van der Waals surface area contributed by atoms with Crippen LogP contribution in [-0.4, -0.2) is 15.5 Å². The maximum atomic E-state index is 12.0. The lowest BCUT2D eigenvalue weighted by atomic mass is 10.2. The summed E-state index contributed by atoms with van der Waals surface area (Å²) in [7, 11) is 0. The van der Waals surface area contributed by atoms with Crippen molar-refractivity contribution in [2.45, 2.75) is 12.8 Å². The van der Waals surface area contributed by atoms with E-state index in [1.54, 1.807) is 29.2 Å². The Kier molecular flexibility index (Phi) is 1.80. The van der Waals surface area contributed by atoms with Crippen molar-refractivity contribution in [2.24, 2.45) is 5.92 Å². The van der Waals surface area contributed by atoms with Crippen LogP contribution in [0.25, 0.3) is 10.9 Å². The summed E-state index contributed by atoms with van der Waals surface area (Å²) < 4.78 is 1.57. The van der Waals surface area contributed by atoms with Gasteiger partial charge in [0.05, 0.1) is 17.3 Å². The lowest BCUT2D eigenvalue weighted by Gasteiger charge is -2.00. The first-order valence-corrected chi connectivity index (χ1v) is 5.20. The molecule has 4 nitrogen and oxygen atoms in total. The standard InChI is InChI=1S/C12H9N3O/c13-5-9-7-15(12(16)8-1-2-8)11-6-14-4-3-10(9)11/h3-4,6-8H,1-2H2. The molecule has 16 heavy (non-hydrogen) atoms. The van der Waals surface area contributed by atoms with Crippen molar-refractivity contribution in [3.05, 3.63) is 30.2 Å². The summed E-state index contributed by atoms with van der Waals surface area (Å²) in [4.78, 5) is 16.0. The second kappa shape index (κ2) is 3.17. The highest BCUT2D eigenvalue weighted by Gasteiger charge is 2.31. The zero-order chi connectivity index (χ0) is 11.1. The average molecular weight is 211 g/mol. The van der Waals surface area contributed by atoms with E-state index in [9.17, 15) is 4.79 Å². The summed E-state index contributed by atoms with van der Waals surface area (Å²) in [6, 6.07) is 3.87. The van der Waals surface area contributed by atoms with Crippen LogP contribution in [0.1, 0.15) is 23.2 Å². The molecule has 1 aliphatic carbocycles. The predicted octanol–water partition coefficient (Wildman–Crippen LogP) is 1.96. The normalized spacial score (nSPS) is 14.9. The highest BCUT2D eigenvalue weighted by atomic mass is 16.2. The molecule has 78 valence electrons. The molecule has 0 aliphatic heterocycles. The summed E-state index contributed by atoms with van der Waals surface area (Å²) >= 11 is 0. The predicted molar refractivity (Wildman–Crippen MR) is 57.8 cm³/mol. The first kappa shape index (κ1) is 9.10.